The molecular formula is C18H22N6O2. The topological polar surface area (TPSA) is 88.3 Å². The highest BCUT2D eigenvalue weighted by Crippen LogP contribution is 2.22. The zero-order valence-electron chi connectivity index (χ0n) is 14.8. The second kappa shape index (κ2) is 6.78. The molecule has 0 aromatic carbocycles. The first-order chi connectivity index (χ1) is 12.6. The fraction of sp³-hybridized carbons (Fsp3) is 0.444. The molecule has 0 unspecified atom stereocenters. The number of rotatable bonds is 4. The van der Waals surface area contributed by atoms with Gasteiger partial charge >= 0.3 is 0 Å². The third-order valence-electron chi connectivity index (χ3n) is 4.99. The summed E-state index contributed by atoms with van der Waals surface area (Å²) in [6, 6.07) is 3.79. The van der Waals surface area contributed by atoms with Gasteiger partial charge in [0.2, 0.25) is 0 Å². The Bertz CT molecular complexity index is 971. The highest BCUT2D eigenvalue weighted by molar-refractivity contribution is 5.94. The second-order valence-electron chi connectivity index (χ2n) is 6.82. The third kappa shape index (κ3) is 3.02. The number of hydrogen-bond acceptors (Lipinski definition) is 4. The third-order valence-corrected chi connectivity index (χ3v) is 4.99. The molecule has 8 nitrogen and oxygen atoms in total. The molecule has 0 radical (unpaired) electrons. The first-order valence-corrected chi connectivity index (χ1v) is 8.99. The maximum Gasteiger partial charge on any atom is 0.285 e. The molecule has 3 aromatic heterocycles. The van der Waals surface area contributed by atoms with Crippen LogP contribution in [0.3, 0.4) is 0 Å². The molecule has 0 bridgehead atoms. The van der Waals surface area contributed by atoms with Crippen LogP contribution in [-0.2, 0) is 6.54 Å². The Morgan fingerprint density at radius 3 is 3.08 bits per heavy atom. The fourth-order valence-corrected chi connectivity index (χ4v) is 3.66. The molecule has 1 saturated heterocycles. The summed E-state index contributed by atoms with van der Waals surface area (Å²) in [7, 11) is 0. The Hall–Kier alpha value is -2.90. The van der Waals surface area contributed by atoms with Crippen LogP contribution in [0.5, 0.6) is 0 Å². The highest BCUT2D eigenvalue weighted by atomic mass is 16.2. The SMILES string of the molecule is Cc1cc2ncc(C(=O)N3CCCC[C@@H]3CCn3cccn3)c(=O)n2[nH]1. The molecule has 1 atom stereocenters. The van der Waals surface area contributed by atoms with Crippen molar-refractivity contribution in [3.63, 3.8) is 0 Å². The van der Waals surface area contributed by atoms with Gasteiger partial charge in [-0.05, 0) is 38.7 Å². The molecule has 4 rings (SSSR count). The maximum atomic E-state index is 13.1. The van der Waals surface area contributed by atoms with Crippen LogP contribution in [-0.4, -0.2) is 47.8 Å². The van der Waals surface area contributed by atoms with E-state index in [0.717, 1.165) is 37.9 Å². The number of piperidine rings is 1. The van der Waals surface area contributed by atoms with E-state index in [9.17, 15) is 9.59 Å². The van der Waals surface area contributed by atoms with Gasteiger partial charge in [-0.1, -0.05) is 0 Å². The number of nitrogens with one attached hydrogen (secondary N) is 1. The zero-order valence-corrected chi connectivity index (χ0v) is 14.8. The second-order valence-corrected chi connectivity index (χ2v) is 6.82. The van der Waals surface area contributed by atoms with Crippen molar-refractivity contribution in [2.24, 2.45) is 0 Å². The van der Waals surface area contributed by atoms with Crippen molar-refractivity contribution < 1.29 is 4.79 Å². The number of aryl methyl sites for hydroxylation is 2. The molecule has 0 saturated carbocycles. The lowest BCUT2D eigenvalue weighted by atomic mass is 9.98. The van der Waals surface area contributed by atoms with Crippen LogP contribution in [0.25, 0.3) is 5.65 Å². The lowest BCUT2D eigenvalue weighted by Crippen LogP contribution is -2.46. The van der Waals surface area contributed by atoms with E-state index in [4.69, 9.17) is 0 Å². The Labute approximate surface area is 150 Å². The highest BCUT2D eigenvalue weighted by Gasteiger charge is 2.29. The molecule has 1 N–H and O–H groups in total. The van der Waals surface area contributed by atoms with Gasteiger partial charge in [0.15, 0.2) is 5.65 Å². The summed E-state index contributed by atoms with van der Waals surface area (Å²) < 4.78 is 3.21. The minimum absolute atomic E-state index is 0.117. The molecule has 4 heterocycles. The summed E-state index contributed by atoms with van der Waals surface area (Å²) >= 11 is 0. The summed E-state index contributed by atoms with van der Waals surface area (Å²) in [5.74, 6) is -0.227. The van der Waals surface area contributed by atoms with Crippen LogP contribution >= 0.6 is 0 Å². The number of aromatic amines is 1. The van der Waals surface area contributed by atoms with Crippen molar-refractivity contribution in [2.75, 3.05) is 6.54 Å². The zero-order chi connectivity index (χ0) is 18.1. The standard InChI is InChI=1S/C18H22N6O2/c1-13-11-16-19-12-15(18(26)24(16)21-13)17(25)23-9-3-2-5-14(23)6-10-22-8-4-7-20-22/h4,7-8,11-12,14,21H,2-3,5-6,9-10H2,1H3/t14-/m1/s1. The number of carbonyl (C=O) groups excluding carboxylic acids is 1. The maximum absolute atomic E-state index is 13.1. The predicted octanol–water partition coefficient (Wildman–Crippen LogP) is 1.61. The number of hydrogen-bond donors (Lipinski definition) is 1. The van der Waals surface area contributed by atoms with Gasteiger partial charge < -0.3 is 4.90 Å². The monoisotopic (exact) mass is 354 g/mol. The van der Waals surface area contributed by atoms with Gasteiger partial charge in [-0.25, -0.2) is 9.50 Å². The lowest BCUT2D eigenvalue weighted by Gasteiger charge is -2.35. The Morgan fingerprint density at radius 2 is 2.27 bits per heavy atom. The van der Waals surface area contributed by atoms with E-state index in [-0.39, 0.29) is 23.1 Å². The average molecular weight is 354 g/mol. The predicted molar refractivity (Wildman–Crippen MR) is 96.1 cm³/mol. The van der Waals surface area contributed by atoms with Crippen LogP contribution < -0.4 is 5.56 Å². The molecule has 0 aliphatic carbocycles. The fourth-order valence-electron chi connectivity index (χ4n) is 3.66. The van der Waals surface area contributed by atoms with Crippen molar-refractivity contribution in [1.29, 1.82) is 0 Å². The average Bonchev–Trinajstić information content (AvgIpc) is 3.29. The van der Waals surface area contributed by atoms with Crippen LogP contribution in [0, 0.1) is 6.92 Å². The number of likely N-dealkylation sites (tertiary alicyclic amines) is 1. The van der Waals surface area contributed by atoms with Crippen molar-refractivity contribution in [1.82, 2.24) is 29.3 Å². The number of carbonyl (C=O) groups is 1. The summed E-state index contributed by atoms with van der Waals surface area (Å²) in [6.45, 7) is 3.29. The lowest BCUT2D eigenvalue weighted by molar-refractivity contribution is 0.0591. The van der Waals surface area contributed by atoms with Gasteiger partial charge in [0.1, 0.15) is 5.56 Å². The van der Waals surface area contributed by atoms with Gasteiger partial charge in [-0.3, -0.25) is 19.4 Å². The molecule has 26 heavy (non-hydrogen) atoms. The summed E-state index contributed by atoms with van der Waals surface area (Å²) in [5.41, 5.74) is 1.13. The quantitative estimate of drug-likeness (QED) is 0.771. The van der Waals surface area contributed by atoms with E-state index in [1.165, 1.54) is 10.7 Å². The van der Waals surface area contributed by atoms with Crippen LogP contribution in [0.2, 0.25) is 0 Å². The number of aromatic nitrogens is 5. The van der Waals surface area contributed by atoms with Crippen molar-refractivity contribution in [3.8, 4) is 0 Å². The molecule has 1 aliphatic heterocycles. The normalized spacial score (nSPS) is 17.7. The molecule has 0 spiro atoms. The van der Waals surface area contributed by atoms with E-state index in [1.54, 1.807) is 12.3 Å². The number of amides is 1. The molecule has 3 aromatic rings. The van der Waals surface area contributed by atoms with E-state index < -0.39 is 0 Å². The van der Waals surface area contributed by atoms with Gasteiger partial charge in [0.05, 0.1) is 0 Å². The Morgan fingerprint density at radius 1 is 1.38 bits per heavy atom. The first kappa shape index (κ1) is 16.6. The van der Waals surface area contributed by atoms with Crippen molar-refractivity contribution in [3.05, 3.63) is 52.3 Å². The summed E-state index contributed by atoms with van der Waals surface area (Å²) in [4.78, 5) is 31.9. The van der Waals surface area contributed by atoms with Gasteiger partial charge in [0, 0.05) is 49.5 Å². The largest absolute Gasteiger partial charge is 0.335 e. The van der Waals surface area contributed by atoms with Crippen LogP contribution in [0.4, 0.5) is 0 Å². The van der Waals surface area contributed by atoms with Crippen molar-refractivity contribution in [2.45, 2.75) is 45.2 Å². The van der Waals surface area contributed by atoms with Gasteiger partial charge in [0.25, 0.3) is 11.5 Å². The van der Waals surface area contributed by atoms with E-state index in [0.29, 0.717) is 12.2 Å². The van der Waals surface area contributed by atoms with E-state index in [2.05, 4.69) is 15.2 Å². The number of fused-ring (bicyclic) bond motifs is 1. The van der Waals surface area contributed by atoms with Crippen LogP contribution in [0.1, 0.15) is 41.7 Å². The molecule has 1 aliphatic rings. The molecule has 8 heteroatoms. The molecular weight excluding hydrogens is 332 g/mol. The number of nitrogens with zero attached hydrogens (tertiary/aromatic N) is 5. The Kier molecular flexibility index (Phi) is 4.32. The molecule has 136 valence electrons. The molecule has 1 amide bonds. The molecule has 1 fully saturated rings. The van der Waals surface area contributed by atoms with E-state index in [1.807, 2.05) is 28.8 Å². The van der Waals surface area contributed by atoms with Gasteiger partial charge in [-0.15, -0.1) is 0 Å². The summed E-state index contributed by atoms with van der Waals surface area (Å²) in [5, 5.41) is 7.16. The summed E-state index contributed by atoms with van der Waals surface area (Å²) in [6.07, 6.45) is 8.92. The van der Waals surface area contributed by atoms with E-state index >= 15 is 0 Å². The smallest absolute Gasteiger partial charge is 0.285 e. The number of H-pyrrole nitrogens is 1. The van der Waals surface area contributed by atoms with Gasteiger partial charge in [-0.2, -0.15) is 5.10 Å². The first-order valence-electron chi connectivity index (χ1n) is 8.99. The van der Waals surface area contributed by atoms with Crippen molar-refractivity contribution >= 4 is 11.6 Å². The minimum Gasteiger partial charge on any atom is -0.335 e. The Balaban J connectivity index is 1.58. The minimum atomic E-state index is -0.343. The van der Waals surface area contributed by atoms with Crippen LogP contribution in [0.15, 0.2) is 35.5 Å².